The quantitative estimate of drug-likeness (QED) is 0.915. The lowest BCUT2D eigenvalue weighted by atomic mass is 9.89. The summed E-state index contributed by atoms with van der Waals surface area (Å²) in [6.45, 7) is 3.47. The van der Waals surface area contributed by atoms with Crippen molar-refractivity contribution in [1.82, 2.24) is 10.2 Å². The van der Waals surface area contributed by atoms with Crippen LogP contribution >= 0.6 is 0 Å². The second-order valence-corrected chi connectivity index (χ2v) is 5.69. The number of carbonyl (C=O) groups excluding carboxylic acids is 1. The Labute approximate surface area is 120 Å². The van der Waals surface area contributed by atoms with Crippen LogP contribution < -0.4 is 5.32 Å². The maximum Gasteiger partial charge on any atom is 0.242 e. The lowest BCUT2D eigenvalue weighted by Crippen LogP contribution is -2.57. The van der Waals surface area contributed by atoms with E-state index in [4.69, 9.17) is 5.26 Å². The van der Waals surface area contributed by atoms with E-state index in [9.17, 15) is 4.79 Å². The van der Waals surface area contributed by atoms with Gasteiger partial charge in [-0.15, -0.1) is 0 Å². The number of amides is 1. The molecular weight excluding hydrogens is 250 g/mol. The number of nitriles is 1. The van der Waals surface area contributed by atoms with E-state index in [1.807, 2.05) is 26.1 Å². The van der Waals surface area contributed by atoms with Crippen LogP contribution in [0.5, 0.6) is 0 Å². The van der Waals surface area contributed by atoms with Gasteiger partial charge in [0.1, 0.15) is 0 Å². The number of nitrogens with zero attached hydrogens (tertiary/aromatic N) is 2. The van der Waals surface area contributed by atoms with Crippen LogP contribution in [-0.4, -0.2) is 29.9 Å². The molecular formula is C16H21N3O. The van der Waals surface area contributed by atoms with Crippen molar-refractivity contribution in [2.75, 3.05) is 13.6 Å². The van der Waals surface area contributed by atoms with Crippen LogP contribution in [0.4, 0.5) is 0 Å². The molecule has 1 amide bonds. The molecule has 0 bridgehead atoms. The highest BCUT2D eigenvalue weighted by Crippen LogP contribution is 2.21. The van der Waals surface area contributed by atoms with Crippen LogP contribution in [0.2, 0.25) is 0 Å². The van der Waals surface area contributed by atoms with Crippen LogP contribution in [-0.2, 0) is 11.3 Å². The molecule has 1 atom stereocenters. The standard InChI is InChI=1S/C16H21N3O/c1-16(9-3-4-10-18-16)15(20)19(2)12-14-7-5-13(11-17)6-8-14/h5-8,18H,3-4,9-10,12H2,1-2H3. The zero-order valence-corrected chi connectivity index (χ0v) is 12.1. The minimum atomic E-state index is -0.431. The number of benzene rings is 1. The topological polar surface area (TPSA) is 56.1 Å². The van der Waals surface area contributed by atoms with Crippen molar-refractivity contribution in [3.05, 3.63) is 35.4 Å². The summed E-state index contributed by atoms with van der Waals surface area (Å²) < 4.78 is 0. The molecule has 1 unspecified atom stereocenters. The molecule has 2 rings (SSSR count). The van der Waals surface area contributed by atoms with Gasteiger partial charge in [0, 0.05) is 13.6 Å². The van der Waals surface area contributed by atoms with Gasteiger partial charge in [-0.05, 0) is 50.4 Å². The molecule has 0 saturated carbocycles. The molecule has 106 valence electrons. The Morgan fingerprint density at radius 3 is 2.65 bits per heavy atom. The van der Waals surface area contributed by atoms with E-state index in [-0.39, 0.29) is 5.91 Å². The monoisotopic (exact) mass is 271 g/mol. The Morgan fingerprint density at radius 1 is 1.40 bits per heavy atom. The van der Waals surface area contributed by atoms with Gasteiger partial charge in [0.25, 0.3) is 0 Å². The van der Waals surface area contributed by atoms with Crippen molar-refractivity contribution in [2.24, 2.45) is 0 Å². The number of hydrogen-bond donors (Lipinski definition) is 1. The van der Waals surface area contributed by atoms with Crippen molar-refractivity contribution in [1.29, 1.82) is 5.26 Å². The third-order valence-electron chi connectivity index (χ3n) is 3.94. The molecule has 0 radical (unpaired) electrons. The van der Waals surface area contributed by atoms with Crippen molar-refractivity contribution >= 4 is 5.91 Å². The Morgan fingerprint density at radius 2 is 2.10 bits per heavy atom. The molecule has 1 aliphatic rings. The molecule has 20 heavy (non-hydrogen) atoms. The maximum atomic E-state index is 12.6. The minimum absolute atomic E-state index is 0.140. The van der Waals surface area contributed by atoms with Gasteiger partial charge in [0.2, 0.25) is 5.91 Å². The molecule has 0 aromatic heterocycles. The highest BCUT2D eigenvalue weighted by atomic mass is 16.2. The summed E-state index contributed by atoms with van der Waals surface area (Å²) >= 11 is 0. The van der Waals surface area contributed by atoms with Gasteiger partial charge in [-0.25, -0.2) is 0 Å². The minimum Gasteiger partial charge on any atom is -0.340 e. The number of hydrogen-bond acceptors (Lipinski definition) is 3. The zero-order chi connectivity index (χ0) is 14.6. The number of rotatable bonds is 3. The fraction of sp³-hybridized carbons (Fsp3) is 0.500. The number of nitrogens with one attached hydrogen (secondary N) is 1. The largest absolute Gasteiger partial charge is 0.340 e. The first-order valence-electron chi connectivity index (χ1n) is 7.05. The van der Waals surface area contributed by atoms with E-state index >= 15 is 0 Å². The van der Waals surface area contributed by atoms with E-state index in [1.165, 1.54) is 0 Å². The Bertz CT molecular complexity index is 510. The third-order valence-corrected chi connectivity index (χ3v) is 3.94. The Kier molecular flexibility index (Phi) is 4.41. The summed E-state index contributed by atoms with van der Waals surface area (Å²) in [5, 5.41) is 12.1. The van der Waals surface area contributed by atoms with Gasteiger partial charge in [0.15, 0.2) is 0 Å². The molecule has 1 aromatic carbocycles. The molecule has 0 aliphatic carbocycles. The van der Waals surface area contributed by atoms with Gasteiger partial charge in [-0.1, -0.05) is 12.1 Å². The fourth-order valence-corrected chi connectivity index (χ4v) is 2.69. The normalized spacial score (nSPS) is 22.1. The second-order valence-electron chi connectivity index (χ2n) is 5.69. The summed E-state index contributed by atoms with van der Waals surface area (Å²) in [5.41, 5.74) is 1.25. The van der Waals surface area contributed by atoms with Gasteiger partial charge in [-0.3, -0.25) is 4.79 Å². The molecule has 1 saturated heterocycles. The lowest BCUT2D eigenvalue weighted by molar-refractivity contribution is -0.137. The molecule has 0 spiro atoms. The van der Waals surface area contributed by atoms with Crippen molar-refractivity contribution in [3.8, 4) is 6.07 Å². The van der Waals surface area contributed by atoms with Crippen LogP contribution in [0.1, 0.15) is 37.3 Å². The zero-order valence-electron chi connectivity index (χ0n) is 12.1. The molecule has 4 heteroatoms. The summed E-state index contributed by atoms with van der Waals surface area (Å²) in [6, 6.07) is 9.47. The molecule has 1 N–H and O–H groups in total. The van der Waals surface area contributed by atoms with E-state index in [2.05, 4.69) is 11.4 Å². The summed E-state index contributed by atoms with van der Waals surface area (Å²) in [6.07, 6.45) is 3.13. The first-order chi connectivity index (χ1) is 9.55. The van der Waals surface area contributed by atoms with Crippen LogP contribution in [0, 0.1) is 11.3 Å². The number of carbonyl (C=O) groups is 1. The van der Waals surface area contributed by atoms with E-state index in [1.54, 1.807) is 17.0 Å². The second kappa shape index (κ2) is 6.06. The van der Waals surface area contributed by atoms with Gasteiger partial charge >= 0.3 is 0 Å². The molecule has 1 aliphatic heterocycles. The molecule has 1 aromatic rings. The van der Waals surface area contributed by atoms with Crippen molar-refractivity contribution in [2.45, 2.75) is 38.3 Å². The molecule has 4 nitrogen and oxygen atoms in total. The van der Waals surface area contributed by atoms with Crippen molar-refractivity contribution < 1.29 is 4.79 Å². The third kappa shape index (κ3) is 3.17. The fourth-order valence-electron chi connectivity index (χ4n) is 2.69. The highest BCUT2D eigenvalue weighted by Gasteiger charge is 2.36. The summed E-state index contributed by atoms with van der Waals surface area (Å²) in [4.78, 5) is 14.3. The van der Waals surface area contributed by atoms with Gasteiger partial charge < -0.3 is 10.2 Å². The highest BCUT2D eigenvalue weighted by molar-refractivity contribution is 5.85. The van der Waals surface area contributed by atoms with E-state index < -0.39 is 5.54 Å². The number of likely N-dealkylation sites (N-methyl/N-ethyl adjacent to an activating group) is 1. The first-order valence-corrected chi connectivity index (χ1v) is 7.05. The van der Waals surface area contributed by atoms with E-state index in [0.29, 0.717) is 12.1 Å². The van der Waals surface area contributed by atoms with E-state index in [0.717, 1.165) is 31.4 Å². The van der Waals surface area contributed by atoms with Gasteiger partial charge in [0.05, 0.1) is 17.2 Å². The molecule has 1 heterocycles. The van der Waals surface area contributed by atoms with Crippen LogP contribution in [0.3, 0.4) is 0 Å². The SMILES string of the molecule is CN(Cc1ccc(C#N)cc1)C(=O)C1(C)CCCCN1. The predicted octanol–water partition coefficient (Wildman–Crippen LogP) is 2.05. The smallest absolute Gasteiger partial charge is 0.242 e. The number of piperidine rings is 1. The van der Waals surface area contributed by atoms with Crippen LogP contribution in [0.15, 0.2) is 24.3 Å². The lowest BCUT2D eigenvalue weighted by Gasteiger charge is -2.36. The first kappa shape index (κ1) is 14.5. The van der Waals surface area contributed by atoms with Crippen LogP contribution in [0.25, 0.3) is 0 Å². The van der Waals surface area contributed by atoms with Crippen molar-refractivity contribution in [3.63, 3.8) is 0 Å². The maximum absolute atomic E-state index is 12.6. The predicted molar refractivity (Wildman–Crippen MR) is 77.9 cm³/mol. The average molecular weight is 271 g/mol. The average Bonchev–Trinajstić information content (AvgIpc) is 2.48. The van der Waals surface area contributed by atoms with Gasteiger partial charge in [-0.2, -0.15) is 5.26 Å². The Hall–Kier alpha value is -1.86. The summed E-state index contributed by atoms with van der Waals surface area (Å²) in [7, 11) is 1.84. The molecule has 1 fully saturated rings. The Balaban J connectivity index is 2.01. The summed E-state index contributed by atoms with van der Waals surface area (Å²) in [5.74, 6) is 0.140.